The Morgan fingerprint density at radius 1 is 1.38 bits per heavy atom. The second-order valence-electron chi connectivity index (χ2n) is 5.62. The summed E-state index contributed by atoms with van der Waals surface area (Å²) in [6.45, 7) is 5.18. The van der Waals surface area contributed by atoms with E-state index in [0.29, 0.717) is 12.0 Å². The van der Waals surface area contributed by atoms with Gasteiger partial charge in [0.1, 0.15) is 11.9 Å². The summed E-state index contributed by atoms with van der Waals surface area (Å²) >= 11 is 0. The van der Waals surface area contributed by atoms with Crippen LogP contribution < -0.4 is 4.72 Å². The van der Waals surface area contributed by atoms with E-state index in [1.54, 1.807) is 18.2 Å². The van der Waals surface area contributed by atoms with Gasteiger partial charge in [0, 0.05) is 5.56 Å². The van der Waals surface area contributed by atoms with Gasteiger partial charge in [-0.2, -0.15) is 5.26 Å². The Bertz CT molecular complexity index is 811. The molecule has 0 radical (unpaired) electrons. The lowest BCUT2D eigenvalue weighted by Gasteiger charge is -2.19. The summed E-state index contributed by atoms with van der Waals surface area (Å²) in [6, 6.07) is 7.36. The standard InChI is InChI=1S/C16H19N3O4S/c1-4-10(2)14(16(20)23-11(3)9-17)18-15-12-7-5-6-8-13(12)24(21,22)19-15/h5-8,10-11,14H,4H2,1-3H3,(H,18,19)/t10-,11+,14-/m0/s1. The highest BCUT2D eigenvalue weighted by molar-refractivity contribution is 7.90. The monoisotopic (exact) mass is 349 g/mol. The number of hydrogen-bond donors (Lipinski definition) is 1. The van der Waals surface area contributed by atoms with Crippen LogP contribution in [0.4, 0.5) is 0 Å². The molecule has 1 aromatic carbocycles. The summed E-state index contributed by atoms with van der Waals surface area (Å²) in [5.41, 5.74) is 0.423. The van der Waals surface area contributed by atoms with E-state index < -0.39 is 28.1 Å². The molecule has 0 aliphatic carbocycles. The molecule has 7 nitrogen and oxygen atoms in total. The van der Waals surface area contributed by atoms with Gasteiger partial charge < -0.3 is 4.74 Å². The van der Waals surface area contributed by atoms with Crippen molar-refractivity contribution in [3.63, 3.8) is 0 Å². The molecule has 8 heteroatoms. The average Bonchev–Trinajstić information content (AvgIpc) is 2.82. The number of carbonyl (C=O) groups excluding carboxylic acids is 1. The number of sulfonamides is 1. The van der Waals surface area contributed by atoms with Crippen LogP contribution in [0, 0.1) is 17.2 Å². The Morgan fingerprint density at radius 3 is 2.67 bits per heavy atom. The van der Waals surface area contributed by atoms with Crippen molar-refractivity contribution in [2.75, 3.05) is 0 Å². The summed E-state index contributed by atoms with van der Waals surface area (Å²) in [5.74, 6) is -0.694. The Hall–Kier alpha value is -2.40. The van der Waals surface area contributed by atoms with Gasteiger partial charge in [-0.3, -0.25) is 9.71 Å². The predicted molar refractivity (Wildman–Crippen MR) is 87.7 cm³/mol. The molecule has 0 fully saturated rings. The van der Waals surface area contributed by atoms with Gasteiger partial charge in [-0.05, 0) is 25.0 Å². The van der Waals surface area contributed by atoms with Crippen molar-refractivity contribution < 1.29 is 17.9 Å². The Balaban J connectivity index is 2.41. The van der Waals surface area contributed by atoms with Crippen LogP contribution in [0.2, 0.25) is 0 Å². The lowest BCUT2D eigenvalue weighted by Crippen LogP contribution is -2.33. The summed E-state index contributed by atoms with van der Waals surface area (Å²) in [7, 11) is -3.67. The van der Waals surface area contributed by atoms with E-state index in [1.165, 1.54) is 13.0 Å². The molecule has 0 spiro atoms. The smallest absolute Gasteiger partial charge is 0.332 e. The molecule has 1 aromatic rings. The zero-order valence-corrected chi connectivity index (χ0v) is 14.5. The average molecular weight is 349 g/mol. The molecule has 24 heavy (non-hydrogen) atoms. The Kier molecular flexibility index (Phi) is 5.24. The molecule has 128 valence electrons. The number of nitriles is 1. The maximum absolute atomic E-state index is 12.3. The van der Waals surface area contributed by atoms with Crippen molar-refractivity contribution in [2.24, 2.45) is 10.9 Å². The number of esters is 1. The van der Waals surface area contributed by atoms with Crippen molar-refractivity contribution >= 4 is 21.8 Å². The zero-order chi connectivity index (χ0) is 17.9. The number of fused-ring (bicyclic) bond motifs is 1. The highest BCUT2D eigenvalue weighted by atomic mass is 32.2. The number of ether oxygens (including phenoxy) is 1. The summed E-state index contributed by atoms with van der Waals surface area (Å²) in [4.78, 5) is 16.8. The van der Waals surface area contributed by atoms with Gasteiger partial charge in [0.05, 0.1) is 4.90 Å². The first-order valence-electron chi connectivity index (χ1n) is 7.60. The van der Waals surface area contributed by atoms with Gasteiger partial charge in [0.15, 0.2) is 12.1 Å². The number of carbonyl (C=O) groups is 1. The number of aliphatic imine (C=N–C) groups is 1. The fourth-order valence-corrected chi connectivity index (χ4v) is 3.51. The highest BCUT2D eigenvalue weighted by Crippen LogP contribution is 2.24. The van der Waals surface area contributed by atoms with E-state index in [0.717, 1.165) is 0 Å². The fraction of sp³-hybridized carbons (Fsp3) is 0.438. The first-order chi connectivity index (χ1) is 11.3. The maximum atomic E-state index is 12.3. The molecule has 0 saturated carbocycles. The van der Waals surface area contributed by atoms with Crippen molar-refractivity contribution in [3.8, 4) is 6.07 Å². The highest BCUT2D eigenvalue weighted by Gasteiger charge is 2.33. The van der Waals surface area contributed by atoms with Crippen LogP contribution >= 0.6 is 0 Å². The molecule has 0 saturated heterocycles. The van der Waals surface area contributed by atoms with E-state index in [-0.39, 0.29) is 16.6 Å². The quantitative estimate of drug-likeness (QED) is 0.812. The first kappa shape index (κ1) is 17.9. The van der Waals surface area contributed by atoms with Crippen molar-refractivity contribution in [2.45, 2.75) is 44.2 Å². The van der Waals surface area contributed by atoms with Gasteiger partial charge in [0.2, 0.25) is 0 Å². The number of nitrogens with zero attached hydrogens (tertiary/aromatic N) is 2. The second-order valence-corrected chi connectivity index (χ2v) is 7.27. The minimum absolute atomic E-state index is 0.123. The molecule has 0 bridgehead atoms. The van der Waals surface area contributed by atoms with Gasteiger partial charge in [-0.25, -0.2) is 13.2 Å². The largest absolute Gasteiger partial charge is 0.446 e. The van der Waals surface area contributed by atoms with E-state index >= 15 is 0 Å². The van der Waals surface area contributed by atoms with E-state index in [9.17, 15) is 13.2 Å². The number of rotatable bonds is 5. The SMILES string of the molecule is CC[C@H](C)[C@H](N=C1NS(=O)(=O)c2ccccc21)C(=O)O[C@H](C)C#N. The molecule has 1 heterocycles. The molecular formula is C16H19N3O4S. The normalized spacial score (nSPS) is 20.3. The molecular weight excluding hydrogens is 330 g/mol. The third kappa shape index (κ3) is 3.57. The van der Waals surface area contributed by atoms with Crippen LogP contribution in [0.25, 0.3) is 0 Å². The van der Waals surface area contributed by atoms with Gasteiger partial charge in [-0.15, -0.1) is 0 Å². The van der Waals surface area contributed by atoms with Crippen LogP contribution in [0.3, 0.4) is 0 Å². The van der Waals surface area contributed by atoms with Crippen molar-refractivity contribution in [1.82, 2.24) is 4.72 Å². The summed E-state index contributed by atoms with van der Waals surface area (Å²) in [5, 5.41) is 8.79. The first-order valence-corrected chi connectivity index (χ1v) is 9.08. The maximum Gasteiger partial charge on any atom is 0.332 e. The Morgan fingerprint density at radius 2 is 2.04 bits per heavy atom. The van der Waals surface area contributed by atoms with E-state index in [2.05, 4.69) is 9.71 Å². The zero-order valence-electron chi connectivity index (χ0n) is 13.7. The number of benzene rings is 1. The molecule has 1 aliphatic rings. The van der Waals surface area contributed by atoms with Gasteiger partial charge in [-0.1, -0.05) is 32.4 Å². The Labute approximate surface area is 141 Å². The molecule has 2 rings (SSSR count). The minimum atomic E-state index is -3.67. The van der Waals surface area contributed by atoms with Gasteiger partial charge >= 0.3 is 5.97 Å². The van der Waals surface area contributed by atoms with Crippen LogP contribution in [-0.4, -0.2) is 32.4 Å². The molecule has 3 atom stereocenters. The van der Waals surface area contributed by atoms with Crippen LogP contribution in [0.1, 0.15) is 32.8 Å². The number of hydrogen-bond acceptors (Lipinski definition) is 6. The van der Waals surface area contributed by atoms with Crippen LogP contribution in [0.5, 0.6) is 0 Å². The van der Waals surface area contributed by atoms with Crippen LogP contribution in [-0.2, 0) is 19.6 Å². The van der Waals surface area contributed by atoms with Crippen molar-refractivity contribution in [1.29, 1.82) is 5.26 Å². The summed E-state index contributed by atoms with van der Waals surface area (Å²) < 4.78 is 31.7. The van der Waals surface area contributed by atoms with Gasteiger partial charge in [0.25, 0.3) is 10.0 Å². The minimum Gasteiger partial charge on any atom is -0.446 e. The van der Waals surface area contributed by atoms with E-state index in [4.69, 9.17) is 10.00 Å². The molecule has 1 aliphatic heterocycles. The number of amidine groups is 1. The molecule has 1 N–H and O–H groups in total. The third-order valence-electron chi connectivity index (χ3n) is 3.83. The predicted octanol–water partition coefficient (Wildman–Crippen LogP) is 1.60. The molecule has 0 aromatic heterocycles. The lowest BCUT2D eigenvalue weighted by molar-refractivity contribution is -0.148. The second kappa shape index (κ2) is 7.01. The lowest BCUT2D eigenvalue weighted by atomic mass is 9.99. The fourth-order valence-electron chi connectivity index (χ4n) is 2.27. The van der Waals surface area contributed by atoms with Crippen molar-refractivity contribution in [3.05, 3.63) is 29.8 Å². The third-order valence-corrected chi connectivity index (χ3v) is 5.23. The topological polar surface area (TPSA) is 109 Å². The molecule has 0 amide bonds. The van der Waals surface area contributed by atoms with E-state index in [1.807, 2.05) is 19.9 Å². The molecule has 0 unspecified atom stereocenters. The van der Waals surface area contributed by atoms with Crippen LogP contribution in [0.15, 0.2) is 34.2 Å². The summed E-state index contributed by atoms with van der Waals surface area (Å²) in [6.07, 6.45) is -0.247. The number of nitrogens with one attached hydrogen (secondary N) is 1.